The van der Waals surface area contributed by atoms with Gasteiger partial charge in [0.2, 0.25) is 5.91 Å². The lowest BCUT2D eigenvalue weighted by Gasteiger charge is -2.37. The summed E-state index contributed by atoms with van der Waals surface area (Å²) in [6.45, 7) is 5.87. The van der Waals surface area contributed by atoms with E-state index in [-0.39, 0.29) is 17.2 Å². The van der Waals surface area contributed by atoms with Crippen LogP contribution in [0.25, 0.3) is 5.65 Å². The van der Waals surface area contributed by atoms with Gasteiger partial charge in [0, 0.05) is 38.9 Å². The molecule has 132 valence electrons. The van der Waals surface area contributed by atoms with Gasteiger partial charge in [-0.3, -0.25) is 9.59 Å². The van der Waals surface area contributed by atoms with E-state index in [2.05, 4.69) is 10.1 Å². The second-order valence-corrected chi connectivity index (χ2v) is 7.36. The number of rotatable bonds is 1. The molecule has 2 saturated heterocycles. The summed E-state index contributed by atoms with van der Waals surface area (Å²) < 4.78 is 1.73. The summed E-state index contributed by atoms with van der Waals surface area (Å²) in [4.78, 5) is 33.4. The second kappa shape index (κ2) is 5.54. The van der Waals surface area contributed by atoms with Gasteiger partial charge in [-0.1, -0.05) is 0 Å². The number of likely N-dealkylation sites (tertiary alicyclic amines) is 2. The molecule has 2 amide bonds. The first-order valence-corrected chi connectivity index (χ1v) is 8.78. The molecule has 4 heterocycles. The van der Waals surface area contributed by atoms with Gasteiger partial charge >= 0.3 is 0 Å². The molecule has 0 aliphatic carbocycles. The zero-order valence-corrected chi connectivity index (χ0v) is 14.9. The molecule has 0 atom stereocenters. The van der Waals surface area contributed by atoms with E-state index in [1.54, 1.807) is 10.7 Å². The number of amides is 2. The third kappa shape index (κ3) is 2.41. The van der Waals surface area contributed by atoms with Crippen LogP contribution in [-0.2, 0) is 4.79 Å². The number of hydrogen-bond acceptors (Lipinski definition) is 4. The fraction of sp³-hybridized carbons (Fsp3) is 0.556. The third-order valence-corrected chi connectivity index (χ3v) is 5.81. The molecule has 0 saturated carbocycles. The summed E-state index contributed by atoms with van der Waals surface area (Å²) in [5.74, 6) is 0.222. The van der Waals surface area contributed by atoms with Crippen LogP contribution >= 0.6 is 0 Å². The van der Waals surface area contributed by atoms with E-state index in [0.717, 1.165) is 42.8 Å². The molecule has 1 spiro atoms. The Morgan fingerprint density at radius 2 is 1.84 bits per heavy atom. The van der Waals surface area contributed by atoms with Crippen LogP contribution in [0.3, 0.4) is 0 Å². The third-order valence-electron chi connectivity index (χ3n) is 5.81. The normalized spacial score (nSPS) is 20.0. The molecule has 0 aromatic carbocycles. The summed E-state index contributed by atoms with van der Waals surface area (Å²) >= 11 is 0. The van der Waals surface area contributed by atoms with Crippen LogP contribution in [0.4, 0.5) is 0 Å². The maximum Gasteiger partial charge on any atom is 0.257 e. The smallest absolute Gasteiger partial charge is 0.257 e. The van der Waals surface area contributed by atoms with Crippen molar-refractivity contribution in [2.75, 3.05) is 26.7 Å². The summed E-state index contributed by atoms with van der Waals surface area (Å²) in [5.41, 5.74) is 2.77. The van der Waals surface area contributed by atoms with Crippen molar-refractivity contribution >= 4 is 17.5 Å². The Kier molecular flexibility index (Phi) is 3.56. The SMILES string of the molecule is Cc1cc2ncc(C(=O)N3CCC4(CCN(C)C4=O)CC3)c(C)n2n1. The van der Waals surface area contributed by atoms with Crippen molar-refractivity contribution in [2.45, 2.75) is 33.1 Å². The lowest BCUT2D eigenvalue weighted by atomic mass is 9.77. The fourth-order valence-corrected chi connectivity index (χ4v) is 4.14. The van der Waals surface area contributed by atoms with Crippen molar-refractivity contribution in [2.24, 2.45) is 5.41 Å². The van der Waals surface area contributed by atoms with E-state index in [1.807, 2.05) is 36.8 Å². The van der Waals surface area contributed by atoms with Gasteiger partial charge in [0.1, 0.15) is 0 Å². The largest absolute Gasteiger partial charge is 0.345 e. The van der Waals surface area contributed by atoms with Gasteiger partial charge in [0.15, 0.2) is 5.65 Å². The Hall–Kier alpha value is -2.44. The van der Waals surface area contributed by atoms with Crippen LogP contribution in [-0.4, -0.2) is 62.9 Å². The van der Waals surface area contributed by atoms with Gasteiger partial charge in [-0.25, -0.2) is 9.50 Å². The van der Waals surface area contributed by atoms with Crippen LogP contribution in [0, 0.1) is 19.3 Å². The predicted octanol–water partition coefficient (Wildman–Crippen LogP) is 1.43. The lowest BCUT2D eigenvalue weighted by Crippen LogP contribution is -2.46. The maximum atomic E-state index is 13.0. The highest BCUT2D eigenvalue weighted by atomic mass is 16.2. The first kappa shape index (κ1) is 16.1. The fourth-order valence-electron chi connectivity index (χ4n) is 4.14. The zero-order chi connectivity index (χ0) is 17.8. The van der Waals surface area contributed by atoms with Crippen LogP contribution in [0.15, 0.2) is 12.3 Å². The van der Waals surface area contributed by atoms with Crippen molar-refractivity contribution in [3.63, 3.8) is 0 Å². The molecule has 7 heteroatoms. The Morgan fingerprint density at radius 1 is 1.16 bits per heavy atom. The van der Waals surface area contributed by atoms with Crippen molar-refractivity contribution in [3.8, 4) is 0 Å². The molecule has 0 radical (unpaired) electrons. The van der Waals surface area contributed by atoms with Crippen molar-refractivity contribution in [1.29, 1.82) is 0 Å². The van der Waals surface area contributed by atoms with Crippen molar-refractivity contribution in [1.82, 2.24) is 24.4 Å². The number of carbonyl (C=O) groups excluding carboxylic acids is 2. The molecule has 2 fully saturated rings. The maximum absolute atomic E-state index is 13.0. The predicted molar refractivity (Wildman–Crippen MR) is 92.3 cm³/mol. The van der Waals surface area contributed by atoms with E-state index in [0.29, 0.717) is 18.7 Å². The summed E-state index contributed by atoms with van der Waals surface area (Å²) in [6, 6.07) is 1.90. The molecule has 4 rings (SSSR count). The summed E-state index contributed by atoms with van der Waals surface area (Å²) in [5, 5.41) is 4.41. The Bertz CT molecular complexity index is 864. The van der Waals surface area contributed by atoms with Gasteiger partial charge in [-0.15, -0.1) is 0 Å². The number of aryl methyl sites for hydroxylation is 2. The Morgan fingerprint density at radius 3 is 2.48 bits per heavy atom. The van der Waals surface area contributed by atoms with Gasteiger partial charge in [-0.05, 0) is 33.1 Å². The first-order chi connectivity index (χ1) is 11.9. The van der Waals surface area contributed by atoms with Crippen molar-refractivity contribution < 1.29 is 9.59 Å². The minimum atomic E-state index is -0.248. The average Bonchev–Trinajstić information content (AvgIpc) is 3.11. The highest BCUT2D eigenvalue weighted by Gasteiger charge is 2.47. The highest BCUT2D eigenvalue weighted by Crippen LogP contribution is 2.41. The lowest BCUT2D eigenvalue weighted by molar-refractivity contribution is -0.137. The van der Waals surface area contributed by atoms with E-state index in [1.165, 1.54) is 0 Å². The quantitative estimate of drug-likeness (QED) is 0.787. The Labute approximate surface area is 146 Å². The number of piperidine rings is 1. The van der Waals surface area contributed by atoms with Gasteiger partial charge in [0.05, 0.1) is 22.4 Å². The summed E-state index contributed by atoms with van der Waals surface area (Å²) in [6.07, 6.45) is 4.05. The molecule has 25 heavy (non-hydrogen) atoms. The Balaban J connectivity index is 1.55. The zero-order valence-electron chi connectivity index (χ0n) is 14.9. The molecule has 0 bridgehead atoms. The minimum absolute atomic E-state index is 0.0197. The second-order valence-electron chi connectivity index (χ2n) is 7.36. The molecular formula is C18H23N5O2. The number of aromatic nitrogens is 3. The van der Waals surface area contributed by atoms with Gasteiger partial charge in [-0.2, -0.15) is 5.10 Å². The molecule has 7 nitrogen and oxygen atoms in total. The van der Waals surface area contributed by atoms with Crippen LogP contribution in [0.2, 0.25) is 0 Å². The first-order valence-electron chi connectivity index (χ1n) is 8.78. The highest BCUT2D eigenvalue weighted by molar-refractivity contribution is 5.95. The van der Waals surface area contributed by atoms with E-state index in [4.69, 9.17) is 0 Å². The summed E-state index contributed by atoms with van der Waals surface area (Å²) in [7, 11) is 1.87. The van der Waals surface area contributed by atoms with Crippen molar-refractivity contribution in [3.05, 3.63) is 29.2 Å². The topological polar surface area (TPSA) is 70.8 Å². The van der Waals surface area contributed by atoms with E-state index >= 15 is 0 Å². The molecule has 2 aromatic heterocycles. The molecule has 2 aliphatic heterocycles. The van der Waals surface area contributed by atoms with E-state index < -0.39 is 0 Å². The van der Waals surface area contributed by atoms with Gasteiger partial charge in [0.25, 0.3) is 5.91 Å². The number of nitrogens with zero attached hydrogens (tertiary/aromatic N) is 5. The standard InChI is InChI=1S/C18H23N5O2/c1-12-10-15-19-11-14(13(2)23(15)20-12)16(24)22-8-5-18(6-9-22)4-7-21(3)17(18)25/h10-11H,4-9H2,1-3H3. The van der Waals surface area contributed by atoms with Crippen LogP contribution in [0.1, 0.15) is 41.0 Å². The molecular weight excluding hydrogens is 318 g/mol. The molecule has 2 aliphatic rings. The average molecular weight is 341 g/mol. The monoisotopic (exact) mass is 341 g/mol. The van der Waals surface area contributed by atoms with Crippen LogP contribution in [0.5, 0.6) is 0 Å². The van der Waals surface area contributed by atoms with Gasteiger partial charge < -0.3 is 9.80 Å². The minimum Gasteiger partial charge on any atom is -0.345 e. The van der Waals surface area contributed by atoms with E-state index in [9.17, 15) is 9.59 Å². The number of hydrogen-bond donors (Lipinski definition) is 0. The number of fused-ring (bicyclic) bond motifs is 1. The van der Waals surface area contributed by atoms with Crippen LogP contribution < -0.4 is 0 Å². The molecule has 0 N–H and O–H groups in total. The molecule has 2 aromatic rings. The number of carbonyl (C=O) groups is 2. The molecule has 0 unspecified atom stereocenters.